The van der Waals surface area contributed by atoms with Crippen molar-refractivity contribution < 1.29 is 4.74 Å². The third-order valence-corrected chi connectivity index (χ3v) is 18.3. The van der Waals surface area contributed by atoms with E-state index >= 15 is 0 Å². The molecule has 5 heterocycles. The van der Waals surface area contributed by atoms with Crippen LogP contribution in [0.5, 0.6) is 11.5 Å². The molecule has 13 rings (SSSR count). The molecule has 0 fully saturated rings. The minimum Gasteiger partial charge on any atom is -0.457 e. The molecule has 0 unspecified atom stereocenters. The van der Waals surface area contributed by atoms with Crippen LogP contribution in [-0.4, -0.2) is 27.9 Å². The highest BCUT2D eigenvalue weighted by Crippen LogP contribution is 2.51. The van der Waals surface area contributed by atoms with Crippen molar-refractivity contribution in [2.75, 3.05) is 16.5 Å². The average molecular weight is 1010 g/mol. The van der Waals surface area contributed by atoms with Gasteiger partial charge in [-0.3, -0.25) is 4.57 Å². The summed E-state index contributed by atoms with van der Waals surface area (Å²) >= 11 is 0. The van der Waals surface area contributed by atoms with Gasteiger partial charge < -0.3 is 19.3 Å². The van der Waals surface area contributed by atoms with Crippen LogP contribution >= 0.6 is 0 Å². The second kappa shape index (κ2) is 17.5. The van der Waals surface area contributed by atoms with E-state index in [2.05, 4.69) is 265 Å². The summed E-state index contributed by atoms with van der Waals surface area (Å²) < 4.78 is 9.18. The number of nitrogens with zero attached hydrogens (tertiary/aromatic N) is 5. The number of rotatable bonds is 7. The predicted octanol–water partition coefficient (Wildman–Crippen LogP) is 17.8. The number of para-hydroxylation sites is 3. The zero-order chi connectivity index (χ0) is 53.4. The van der Waals surface area contributed by atoms with Crippen molar-refractivity contribution in [3.8, 4) is 17.3 Å². The lowest BCUT2D eigenvalue weighted by molar-refractivity contribution is 0.332. The Morgan fingerprint density at radius 2 is 1.14 bits per heavy atom. The van der Waals surface area contributed by atoms with Crippen molar-refractivity contribution >= 4 is 56.9 Å². The molecule has 0 saturated carbocycles. The highest BCUT2D eigenvalue weighted by atomic mass is 16.5. The molecule has 6 aromatic carbocycles. The van der Waals surface area contributed by atoms with Crippen molar-refractivity contribution in [3.05, 3.63) is 221 Å². The number of fused-ring (bicyclic) bond motifs is 7. The number of allylic oxidation sites excluding steroid dienone is 4. The molecule has 2 aromatic heterocycles. The molecule has 386 valence electrons. The maximum Gasteiger partial charge on any atom is 0.338 e. The van der Waals surface area contributed by atoms with Gasteiger partial charge in [-0.2, -0.15) is 0 Å². The summed E-state index contributed by atoms with van der Waals surface area (Å²) in [4.78, 5) is 12.4. The van der Waals surface area contributed by atoms with E-state index < -0.39 is 0 Å². The number of pyridine rings is 1. The third kappa shape index (κ3) is 8.26. The molecule has 0 bridgehead atoms. The van der Waals surface area contributed by atoms with Crippen molar-refractivity contribution in [1.82, 2.24) is 14.4 Å². The molecule has 0 spiro atoms. The minimum absolute atomic E-state index is 0.0161. The van der Waals surface area contributed by atoms with Crippen molar-refractivity contribution in [3.63, 3.8) is 0 Å². The Labute approximate surface area is 457 Å². The van der Waals surface area contributed by atoms with Crippen molar-refractivity contribution in [2.45, 2.75) is 129 Å². The van der Waals surface area contributed by atoms with E-state index in [1.165, 1.54) is 92.4 Å². The number of hydrogen-bond donors (Lipinski definition) is 0. The van der Waals surface area contributed by atoms with E-state index in [9.17, 15) is 0 Å². The highest BCUT2D eigenvalue weighted by molar-refractivity contribution is 6.73. The van der Waals surface area contributed by atoms with Crippen molar-refractivity contribution in [2.24, 2.45) is 0 Å². The fraction of sp³-hybridized carbons (Fsp3) is 0.300. The monoisotopic (exact) mass is 1010 g/mol. The van der Waals surface area contributed by atoms with Gasteiger partial charge >= 0.3 is 6.85 Å². The minimum atomic E-state index is -0.0599. The Morgan fingerprint density at radius 1 is 0.532 bits per heavy atom. The largest absolute Gasteiger partial charge is 0.457 e. The van der Waals surface area contributed by atoms with Gasteiger partial charge in [0, 0.05) is 40.4 Å². The highest BCUT2D eigenvalue weighted by Gasteiger charge is 2.42. The normalized spacial score (nSPS) is 18.8. The molecule has 5 aliphatic rings. The molecule has 0 radical (unpaired) electrons. The molecule has 6 nitrogen and oxygen atoms in total. The Morgan fingerprint density at radius 3 is 1.86 bits per heavy atom. The molecule has 7 heteroatoms. The standard InChI is InChI=1S/C70H72BN5O/c1-66(2,3)49-29-36-72-64(41-49)76-60-20-13-12-19-54(60)55-26-25-52(43-63(55)76)77-51-18-16-17-50(42-51)74-45-75(62-22-15-14-21-61(62)74)65-53(47-24-28-57-59(40-47)70(10,11)35-33-68(57,6)7)31-38-73-37-30-48(44-71(65)73)46-23-27-56-58(39-46)69(8,9)34-32-67(56,4)5/h12-31,36-44H,32-35,45H2,1-11H3. The number of hydrogen-bond acceptors (Lipinski definition) is 5. The van der Waals surface area contributed by atoms with Gasteiger partial charge in [-0.25, -0.2) is 4.98 Å². The third-order valence-electron chi connectivity index (χ3n) is 18.3. The number of anilines is 3. The molecule has 0 saturated heterocycles. The molecular formula is C70H72BN5O. The number of benzene rings is 6. The average Bonchev–Trinajstić information content (AvgIpc) is 4.10. The lowest BCUT2D eigenvalue weighted by Gasteiger charge is -2.42. The van der Waals surface area contributed by atoms with Crippen LogP contribution in [0.4, 0.5) is 17.1 Å². The predicted molar refractivity (Wildman–Crippen MR) is 324 cm³/mol. The summed E-state index contributed by atoms with van der Waals surface area (Å²) in [5, 5.41) is 2.35. The molecule has 77 heavy (non-hydrogen) atoms. The van der Waals surface area contributed by atoms with Gasteiger partial charge in [0.1, 0.15) is 17.3 Å². The van der Waals surface area contributed by atoms with Gasteiger partial charge in [0.2, 0.25) is 0 Å². The van der Waals surface area contributed by atoms with Crippen LogP contribution < -0.4 is 14.5 Å². The quantitative estimate of drug-likeness (QED) is 0.149. The van der Waals surface area contributed by atoms with E-state index in [4.69, 9.17) is 9.72 Å². The second-order valence-electron chi connectivity index (χ2n) is 26.3. The fourth-order valence-electron chi connectivity index (χ4n) is 13.4. The maximum absolute atomic E-state index is 6.90. The van der Waals surface area contributed by atoms with Gasteiger partial charge in [0.05, 0.1) is 29.1 Å². The Kier molecular flexibility index (Phi) is 11.2. The van der Waals surface area contributed by atoms with E-state index in [-0.39, 0.29) is 33.9 Å². The van der Waals surface area contributed by atoms with Crippen LogP contribution in [0.3, 0.4) is 0 Å². The first-order valence-corrected chi connectivity index (χ1v) is 28.1. The SMILES string of the molecule is CC(C)(C)c1ccnc(-n2c3ccccc3c3ccc(Oc4cccc(N5CN(C6=C(c7ccc8c(c7)C(C)(C)CCC8(C)C)C=CN7C=CC(c8ccc9c(c8)C(C)(C)CCC9(C)C)=CB67)c6ccccc65)c4)cc32)c1. The van der Waals surface area contributed by atoms with E-state index in [1.807, 2.05) is 6.20 Å². The lowest BCUT2D eigenvalue weighted by atomic mass is 9.51. The van der Waals surface area contributed by atoms with Gasteiger partial charge in [-0.1, -0.05) is 155 Å². The van der Waals surface area contributed by atoms with Crippen LogP contribution in [0.15, 0.2) is 182 Å². The number of aromatic nitrogens is 2. The first kappa shape index (κ1) is 49.1. The molecule has 8 aromatic rings. The zero-order valence-electron chi connectivity index (χ0n) is 47.0. The summed E-state index contributed by atoms with van der Waals surface area (Å²) in [5.41, 5.74) is 19.6. The van der Waals surface area contributed by atoms with Crippen LogP contribution in [-0.2, 0) is 27.1 Å². The van der Waals surface area contributed by atoms with Gasteiger partial charge in [-0.15, -0.1) is 0 Å². The van der Waals surface area contributed by atoms with Crippen LogP contribution in [0.1, 0.15) is 141 Å². The zero-order valence-corrected chi connectivity index (χ0v) is 47.0. The lowest BCUT2D eigenvalue weighted by Crippen LogP contribution is -2.44. The smallest absolute Gasteiger partial charge is 0.338 e. The van der Waals surface area contributed by atoms with Gasteiger partial charge in [0.25, 0.3) is 0 Å². The van der Waals surface area contributed by atoms with E-state index in [0.29, 0.717) is 6.67 Å². The summed E-state index contributed by atoms with van der Waals surface area (Å²) in [6.45, 7) is 26.8. The topological polar surface area (TPSA) is 36.8 Å². The summed E-state index contributed by atoms with van der Waals surface area (Å²) in [6, 6.07) is 51.7. The van der Waals surface area contributed by atoms with E-state index in [0.717, 1.165) is 45.1 Å². The molecular weight excluding hydrogens is 938 g/mol. The molecule has 3 aliphatic heterocycles. The van der Waals surface area contributed by atoms with Crippen LogP contribution in [0.2, 0.25) is 0 Å². The Bertz CT molecular complexity index is 3850. The summed E-state index contributed by atoms with van der Waals surface area (Å²) in [5.74, 6) is 4.98. The molecule has 0 N–H and O–H groups in total. The summed E-state index contributed by atoms with van der Waals surface area (Å²) in [7, 11) is 0. The fourth-order valence-corrected chi connectivity index (χ4v) is 13.4. The van der Waals surface area contributed by atoms with Crippen LogP contribution in [0, 0.1) is 0 Å². The maximum atomic E-state index is 6.90. The second-order valence-corrected chi connectivity index (χ2v) is 26.3. The first-order chi connectivity index (χ1) is 36.7. The van der Waals surface area contributed by atoms with E-state index in [1.54, 1.807) is 0 Å². The summed E-state index contributed by atoms with van der Waals surface area (Å²) in [6.07, 6.45) is 16.0. The Balaban J connectivity index is 0.902. The molecule has 0 amide bonds. The van der Waals surface area contributed by atoms with Crippen LogP contribution in [0.25, 0.3) is 38.8 Å². The van der Waals surface area contributed by atoms with Gasteiger partial charge in [-0.05, 0) is 182 Å². The van der Waals surface area contributed by atoms with Gasteiger partial charge in [0.15, 0.2) is 0 Å². The van der Waals surface area contributed by atoms with Crippen molar-refractivity contribution in [1.29, 1.82) is 0 Å². The molecule has 0 atom stereocenters. The number of ether oxygens (including phenoxy) is 1. The first-order valence-electron chi connectivity index (χ1n) is 28.1. The Hall–Kier alpha value is -7.51. The molecule has 2 aliphatic carbocycles.